The fourth-order valence-electron chi connectivity index (χ4n) is 1.86. The number of nitrogens with one attached hydrogen (secondary N) is 1. The standard InChI is InChI=1S/C10H12N4S/c1-4-15-7-8(1)5-9-12-13-10-6-11-2-3-14(9)10/h1,4,7,11H,2-3,5-6H2. The largest absolute Gasteiger partial charge is 0.312 e. The van der Waals surface area contributed by atoms with Gasteiger partial charge in [0.1, 0.15) is 11.6 Å². The zero-order valence-corrected chi connectivity index (χ0v) is 9.13. The lowest BCUT2D eigenvalue weighted by atomic mass is 10.2. The molecule has 2 aromatic rings. The molecule has 3 rings (SSSR count). The molecule has 0 radical (unpaired) electrons. The van der Waals surface area contributed by atoms with Crippen LogP contribution in [0.5, 0.6) is 0 Å². The SMILES string of the molecule is c1cc(Cc2nnc3n2CCNC3)cs1. The lowest BCUT2D eigenvalue weighted by molar-refractivity contribution is 0.496. The molecule has 0 aliphatic carbocycles. The highest BCUT2D eigenvalue weighted by atomic mass is 32.1. The van der Waals surface area contributed by atoms with Crippen LogP contribution in [0.15, 0.2) is 16.8 Å². The first-order valence-electron chi connectivity index (χ1n) is 5.06. The third kappa shape index (κ3) is 1.68. The quantitative estimate of drug-likeness (QED) is 0.822. The van der Waals surface area contributed by atoms with E-state index in [1.165, 1.54) is 5.56 Å². The van der Waals surface area contributed by atoms with E-state index in [0.717, 1.165) is 37.7 Å². The summed E-state index contributed by atoms with van der Waals surface area (Å²) in [5, 5.41) is 16.0. The van der Waals surface area contributed by atoms with Crippen molar-refractivity contribution in [2.45, 2.75) is 19.5 Å². The number of hydrogen-bond acceptors (Lipinski definition) is 4. The molecule has 0 atom stereocenters. The molecule has 1 N–H and O–H groups in total. The summed E-state index contributed by atoms with van der Waals surface area (Å²) in [6.07, 6.45) is 0.899. The zero-order valence-electron chi connectivity index (χ0n) is 8.31. The summed E-state index contributed by atoms with van der Waals surface area (Å²) in [7, 11) is 0. The Balaban J connectivity index is 1.89. The van der Waals surface area contributed by atoms with E-state index in [9.17, 15) is 0 Å². The third-order valence-corrected chi connectivity index (χ3v) is 3.37. The van der Waals surface area contributed by atoms with Gasteiger partial charge in [-0.05, 0) is 22.4 Å². The Hall–Kier alpha value is -1.20. The highest BCUT2D eigenvalue weighted by Gasteiger charge is 2.15. The van der Waals surface area contributed by atoms with Gasteiger partial charge in [0.15, 0.2) is 0 Å². The molecule has 0 spiro atoms. The van der Waals surface area contributed by atoms with Crippen molar-refractivity contribution in [3.8, 4) is 0 Å². The predicted octanol–water partition coefficient (Wildman–Crippen LogP) is 1.03. The summed E-state index contributed by atoms with van der Waals surface area (Å²) in [5.74, 6) is 2.15. The van der Waals surface area contributed by atoms with Crippen molar-refractivity contribution in [3.63, 3.8) is 0 Å². The molecular weight excluding hydrogens is 208 g/mol. The van der Waals surface area contributed by atoms with E-state index < -0.39 is 0 Å². The Kier molecular flexibility index (Phi) is 2.26. The average molecular weight is 220 g/mol. The minimum atomic E-state index is 0.844. The van der Waals surface area contributed by atoms with E-state index in [0.29, 0.717) is 0 Å². The Morgan fingerprint density at radius 1 is 1.47 bits per heavy atom. The fraction of sp³-hybridized carbons (Fsp3) is 0.400. The molecule has 2 aromatic heterocycles. The summed E-state index contributed by atoms with van der Waals surface area (Å²) >= 11 is 1.73. The molecule has 4 nitrogen and oxygen atoms in total. The van der Waals surface area contributed by atoms with Gasteiger partial charge in [-0.3, -0.25) is 0 Å². The van der Waals surface area contributed by atoms with E-state index in [-0.39, 0.29) is 0 Å². The highest BCUT2D eigenvalue weighted by Crippen LogP contribution is 2.13. The molecule has 5 heteroatoms. The monoisotopic (exact) mass is 220 g/mol. The number of hydrogen-bond donors (Lipinski definition) is 1. The summed E-state index contributed by atoms with van der Waals surface area (Å²) in [6.45, 7) is 2.85. The second-order valence-corrected chi connectivity index (χ2v) is 4.45. The molecule has 1 aliphatic heterocycles. The lowest BCUT2D eigenvalue weighted by Gasteiger charge is -2.15. The number of nitrogens with zero attached hydrogens (tertiary/aromatic N) is 3. The number of thiophene rings is 1. The first kappa shape index (κ1) is 9.06. The maximum absolute atomic E-state index is 4.25. The second kappa shape index (κ2) is 3.75. The minimum absolute atomic E-state index is 0.844. The van der Waals surface area contributed by atoms with Crippen LogP contribution in [0.2, 0.25) is 0 Å². The molecule has 0 saturated heterocycles. The molecule has 1 aliphatic rings. The van der Waals surface area contributed by atoms with Crippen molar-refractivity contribution in [2.24, 2.45) is 0 Å². The van der Waals surface area contributed by atoms with Crippen molar-refractivity contribution < 1.29 is 0 Å². The summed E-state index contributed by atoms with van der Waals surface area (Å²) < 4.78 is 2.23. The summed E-state index contributed by atoms with van der Waals surface area (Å²) in [4.78, 5) is 0. The van der Waals surface area contributed by atoms with Crippen LogP contribution in [-0.2, 0) is 19.5 Å². The van der Waals surface area contributed by atoms with E-state index >= 15 is 0 Å². The molecule has 3 heterocycles. The van der Waals surface area contributed by atoms with Gasteiger partial charge in [-0.15, -0.1) is 10.2 Å². The number of rotatable bonds is 2. The van der Waals surface area contributed by atoms with Crippen molar-refractivity contribution in [1.29, 1.82) is 0 Å². The van der Waals surface area contributed by atoms with Gasteiger partial charge in [-0.1, -0.05) is 0 Å². The predicted molar refractivity (Wildman–Crippen MR) is 58.9 cm³/mol. The van der Waals surface area contributed by atoms with Crippen LogP contribution in [-0.4, -0.2) is 21.3 Å². The normalized spacial score (nSPS) is 15.2. The lowest BCUT2D eigenvalue weighted by Crippen LogP contribution is -2.29. The molecule has 0 fully saturated rings. The number of aromatic nitrogens is 3. The van der Waals surface area contributed by atoms with Crippen LogP contribution in [0.1, 0.15) is 17.2 Å². The number of fused-ring (bicyclic) bond motifs is 1. The molecule has 0 aromatic carbocycles. The molecule has 15 heavy (non-hydrogen) atoms. The van der Waals surface area contributed by atoms with Gasteiger partial charge in [0.2, 0.25) is 0 Å². The van der Waals surface area contributed by atoms with Crippen LogP contribution < -0.4 is 5.32 Å². The Labute approximate surface area is 92.0 Å². The first-order valence-corrected chi connectivity index (χ1v) is 6.00. The molecule has 0 saturated carbocycles. The smallest absolute Gasteiger partial charge is 0.147 e. The minimum Gasteiger partial charge on any atom is -0.312 e. The van der Waals surface area contributed by atoms with Crippen molar-refractivity contribution in [3.05, 3.63) is 34.0 Å². The molecule has 0 bridgehead atoms. The van der Waals surface area contributed by atoms with Crippen LogP contribution in [0.4, 0.5) is 0 Å². The van der Waals surface area contributed by atoms with Gasteiger partial charge in [0, 0.05) is 19.5 Å². The molecule has 0 unspecified atom stereocenters. The topological polar surface area (TPSA) is 42.7 Å². The van der Waals surface area contributed by atoms with Gasteiger partial charge < -0.3 is 9.88 Å². The fourth-order valence-corrected chi connectivity index (χ4v) is 2.53. The van der Waals surface area contributed by atoms with Gasteiger partial charge in [-0.2, -0.15) is 11.3 Å². The van der Waals surface area contributed by atoms with Crippen molar-refractivity contribution in [1.82, 2.24) is 20.1 Å². The molecule has 0 amide bonds. The van der Waals surface area contributed by atoms with Gasteiger partial charge >= 0.3 is 0 Å². The highest BCUT2D eigenvalue weighted by molar-refractivity contribution is 7.07. The maximum atomic E-state index is 4.25. The summed E-state index contributed by atoms with van der Waals surface area (Å²) in [5.41, 5.74) is 1.33. The van der Waals surface area contributed by atoms with Crippen molar-refractivity contribution in [2.75, 3.05) is 6.54 Å². The van der Waals surface area contributed by atoms with Crippen LogP contribution in [0.3, 0.4) is 0 Å². The van der Waals surface area contributed by atoms with Crippen LogP contribution in [0, 0.1) is 0 Å². The summed E-state index contributed by atoms with van der Waals surface area (Å²) in [6, 6.07) is 2.15. The Morgan fingerprint density at radius 2 is 2.47 bits per heavy atom. The van der Waals surface area contributed by atoms with Crippen LogP contribution >= 0.6 is 11.3 Å². The Bertz CT molecular complexity index is 446. The van der Waals surface area contributed by atoms with Crippen LogP contribution in [0.25, 0.3) is 0 Å². The second-order valence-electron chi connectivity index (χ2n) is 3.67. The van der Waals surface area contributed by atoms with Gasteiger partial charge in [-0.25, -0.2) is 0 Å². The van der Waals surface area contributed by atoms with Crippen molar-refractivity contribution >= 4 is 11.3 Å². The van der Waals surface area contributed by atoms with Gasteiger partial charge in [0.25, 0.3) is 0 Å². The average Bonchev–Trinajstić information content (AvgIpc) is 2.89. The third-order valence-electron chi connectivity index (χ3n) is 2.64. The zero-order chi connectivity index (χ0) is 10.1. The Morgan fingerprint density at radius 3 is 3.33 bits per heavy atom. The van der Waals surface area contributed by atoms with E-state index in [1.807, 2.05) is 0 Å². The first-order chi connectivity index (χ1) is 7.43. The molecule has 78 valence electrons. The van der Waals surface area contributed by atoms with E-state index in [2.05, 4.69) is 36.9 Å². The van der Waals surface area contributed by atoms with E-state index in [4.69, 9.17) is 0 Å². The van der Waals surface area contributed by atoms with E-state index in [1.54, 1.807) is 11.3 Å². The maximum Gasteiger partial charge on any atom is 0.147 e. The van der Waals surface area contributed by atoms with Gasteiger partial charge in [0.05, 0.1) is 6.54 Å². The molecular formula is C10H12N4S.